The lowest BCUT2D eigenvalue weighted by Gasteiger charge is -2.17. The van der Waals surface area contributed by atoms with Gasteiger partial charge in [-0.3, -0.25) is 0 Å². The van der Waals surface area contributed by atoms with Crippen LogP contribution in [0.1, 0.15) is 0 Å². The fraction of sp³-hybridized carbons (Fsp3) is 0. The van der Waals surface area contributed by atoms with Crippen LogP contribution in [0.4, 0.5) is 0 Å². The first-order chi connectivity index (χ1) is 29.8. The first kappa shape index (κ1) is 36.3. The topological polar surface area (TPSA) is 38.7 Å². The SMILES string of the molecule is c1ccc(-c2cc(-c3ccccc3)cc(-c3nc(-c4ccccc4-c4ccccc4-c4ccccc4)nc(-c4ccccc4-c4ccccc4-c4ccccc4)n3)c2)cc1. The van der Waals surface area contributed by atoms with E-state index in [0.717, 1.165) is 83.5 Å². The van der Waals surface area contributed by atoms with Gasteiger partial charge >= 0.3 is 0 Å². The summed E-state index contributed by atoms with van der Waals surface area (Å²) in [4.78, 5) is 16.2. The normalized spacial score (nSPS) is 11.0. The van der Waals surface area contributed by atoms with Crippen LogP contribution < -0.4 is 0 Å². The van der Waals surface area contributed by atoms with E-state index in [-0.39, 0.29) is 0 Å². The minimum Gasteiger partial charge on any atom is -0.208 e. The Labute approximate surface area is 351 Å². The molecule has 0 radical (unpaired) electrons. The van der Waals surface area contributed by atoms with Crippen LogP contribution in [0.2, 0.25) is 0 Å². The molecule has 10 aromatic rings. The third kappa shape index (κ3) is 7.32. The van der Waals surface area contributed by atoms with Crippen LogP contribution in [-0.4, -0.2) is 15.0 Å². The van der Waals surface area contributed by atoms with Crippen LogP contribution in [0.15, 0.2) is 237 Å². The molecule has 0 fully saturated rings. The Kier molecular flexibility index (Phi) is 9.97. The van der Waals surface area contributed by atoms with E-state index in [1.165, 1.54) is 0 Å². The summed E-state index contributed by atoms with van der Waals surface area (Å²) in [6, 6.07) is 82.9. The Hall–Kier alpha value is -8.01. The molecule has 0 aliphatic heterocycles. The van der Waals surface area contributed by atoms with E-state index in [9.17, 15) is 0 Å². The van der Waals surface area contributed by atoms with Gasteiger partial charge in [0.15, 0.2) is 17.5 Å². The van der Waals surface area contributed by atoms with Crippen LogP contribution >= 0.6 is 0 Å². The largest absolute Gasteiger partial charge is 0.208 e. The molecule has 0 amide bonds. The van der Waals surface area contributed by atoms with Gasteiger partial charge in [-0.1, -0.05) is 218 Å². The second-order valence-electron chi connectivity index (χ2n) is 14.8. The van der Waals surface area contributed by atoms with E-state index in [4.69, 9.17) is 15.0 Å². The lowest BCUT2D eigenvalue weighted by Crippen LogP contribution is -2.02. The Morgan fingerprint density at radius 1 is 0.167 bits per heavy atom. The van der Waals surface area contributed by atoms with Crippen molar-refractivity contribution in [1.82, 2.24) is 15.0 Å². The molecule has 0 bridgehead atoms. The van der Waals surface area contributed by atoms with Crippen molar-refractivity contribution in [3.63, 3.8) is 0 Å². The summed E-state index contributed by atoms with van der Waals surface area (Å²) in [5, 5.41) is 0. The molecule has 60 heavy (non-hydrogen) atoms. The van der Waals surface area contributed by atoms with E-state index in [0.29, 0.717) is 17.5 Å². The third-order valence-electron chi connectivity index (χ3n) is 11.0. The van der Waals surface area contributed by atoms with Gasteiger partial charge in [0.05, 0.1) is 0 Å². The smallest absolute Gasteiger partial charge is 0.164 e. The second-order valence-corrected chi connectivity index (χ2v) is 14.8. The number of hydrogen-bond donors (Lipinski definition) is 0. The standard InChI is InChI=1S/C57H39N3/c1-5-21-40(22-6-1)44-37-45(41-23-7-2-8-24-41)39-46(38-44)55-58-56(53-35-19-17-33-51(53)49-31-15-13-29-47(49)42-25-9-3-10-26-42)60-57(59-55)54-36-20-18-34-52(54)50-32-16-14-30-48(50)43-27-11-4-12-28-43/h1-39H. The van der Waals surface area contributed by atoms with Crippen molar-refractivity contribution in [3.05, 3.63) is 237 Å². The quantitative estimate of drug-likeness (QED) is 0.147. The Bertz CT molecular complexity index is 2870. The van der Waals surface area contributed by atoms with Crippen molar-refractivity contribution < 1.29 is 0 Å². The van der Waals surface area contributed by atoms with Crippen LogP contribution in [-0.2, 0) is 0 Å². The lowest BCUT2D eigenvalue weighted by molar-refractivity contribution is 1.07. The molecule has 0 aliphatic rings. The maximum atomic E-state index is 5.42. The highest BCUT2D eigenvalue weighted by Gasteiger charge is 2.21. The molecule has 0 atom stereocenters. The summed E-state index contributed by atoms with van der Waals surface area (Å²) in [6.07, 6.45) is 0. The molecule has 1 heterocycles. The van der Waals surface area contributed by atoms with Crippen molar-refractivity contribution in [3.8, 4) is 101 Å². The highest BCUT2D eigenvalue weighted by molar-refractivity contribution is 5.93. The molecular weight excluding hydrogens is 727 g/mol. The monoisotopic (exact) mass is 765 g/mol. The number of hydrogen-bond acceptors (Lipinski definition) is 3. The van der Waals surface area contributed by atoms with Crippen LogP contribution in [0, 0.1) is 0 Å². The fourth-order valence-electron chi connectivity index (χ4n) is 8.10. The summed E-state index contributed by atoms with van der Waals surface area (Å²) < 4.78 is 0. The van der Waals surface area contributed by atoms with Crippen LogP contribution in [0.25, 0.3) is 101 Å². The van der Waals surface area contributed by atoms with Gasteiger partial charge in [-0.25, -0.2) is 15.0 Å². The summed E-state index contributed by atoms with van der Waals surface area (Å²) >= 11 is 0. The molecule has 3 heteroatoms. The number of benzene rings is 9. The van der Waals surface area contributed by atoms with Gasteiger partial charge in [0.1, 0.15) is 0 Å². The average molecular weight is 766 g/mol. The molecule has 9 aromatic carbocycles. The molecule has 0 spiro atoms. The minimum atomic E-state index is 0.599. The lowest BCUT2D eigenvalue weighted by atomic mass is 9.91. The van der Waals surface area contributed by atoms with Gasteiger partial charge in [-0.05, 0) is 85.0 Å². The molecule has 0 N–H and O–H groups in total. The van der Waals surface area contributed by atoms with Crippen molar-refractivity contribution >= 4 is 0 Å². The van der Waals surface area contributed by atoms with E-state index < -0.39 is 0 Å². The average Bonchev–Trinajstić information content (AvgIpc) is 3.35. The Morgan fingerprint density at radius 2 is 0.417 bits per heavy atom. The van der Waals surface area contributed by atoms with Gasteiger partial charge in [-0.15, -0.1) is 0 Å². The molecule has 0 unspecified atom stereocenters. The highest BCUT2D eigenvalue weighted by atomic mass is 15.0. The third-order valence-corrected chi connectivity index (χ3v) is 11.0. The van der Waals surface area contributed by atoms with Gasteiger partial charge in [0, 0.05) is 16.7 Å². The predicted octanol–water partition coefficient (Wildman–Crippen LogP) is 14.9. The molecule has 1 aromatic heterocycles. The predicted molar refractivity (Wildman–Crippen MR) is 249 cm³/mol. The molecule has 10 rings (SSSR count). The van der Waals surface area contributed by atoms with E-state index in [1.807, 2.05) is 0 Å². The maximum Gasteiger partial charge on any atom is 0.164 e. The van der Waals surface area contributed by atoms with Gasteiger partial charge in [0.25, 0.3) is 0 Å². The van der Waals surface area contributed by atoms with Gasteiger partial charge < -0.3 is 0 Å². The van der Waals surface area contributed by atoms with Crippen molar-refractivity contribution in [2.24, 2.45) is 0 Å². The molecule has 282 valence electrons. The van der Waals surface area contributed by atoms with E-state index in [2.05, 4.69) is 237 Å². The number of nitrogens with zero attached hydrogens (tertiary/aromatic N) is 3. The maximum absolute atomic E-state index is 5.42. The van der Waals surface area contributed by atoms with Gasteiger partial charge in [0.2, 0.25) is 0 Å². The van der Waals surface area contributed by atoms with Crippen molar-refractivity contribution in [2.45, 2.75) is 0 Å². The first-order valence-electron chi connectivity index (χ1n) is 20.3. The molecule has 0 saturated heterocycles. The molecule has 0 saturated carbocycles. The van der Waals surface area contributed by atoms with Crippen LogP contribution in [0.3, 0.4) is 0 Å². The zero-order chi connectivity index (χ0) is 40.1. The van der Waals surface area contributed by atoms with E-state index in [1.54, 1.807) is 0 Å². The zero-order valence-corrected chi connectivity index (χ0v) is 32.9. The van der Waals surface area contributed by atoms with Gasteiger partial charge in [-0.2, -0.15) is 0 Å². The Balaban J connectivity index is 1.23. The first-order valence-corrected chi connectivity index (χ1v) is 20.3. The van der Waals surface area contributed by atoms with E-state index >= 15 is 0 Å². The highest BCUT2D eigenvalue weighted by Crippen LogP contribution is 2.41. The summed E-state index contributed by atoms with van der Waals surface area (Å²) in [7, 11) is 0. The second kappa shape index (κ2) is 16.5. The summed E-state index contributed by atoms with van der Waals surface area (Å²) in [5.41, 5.74) is 16.1. The fourth-order valence-corrected chi connectivity index (χ4v) is 8.10. The van der Waals surface area contributed by atoms with Crippen molar-refractivity contribution in [2.75, 3.05) is 0 Å². The van der Waals surface area contributed by atoms with Crippen molar-refractivity contribution in [1.29, 1.82) is 0 Å². The Morgan fingerprint density at radius 3 is 0.783 bits per heavy atom. The summed E-state index contributed by atoms with van der Waals surface area (Å²) in [6.45, 7) is 0. The van der Waals surface area contributed by atoms with Crippen LogP contribution in [0.5, 0.6) is 0 Å². The molecule has 3 nitrogen and oxygen atoms in total. The molecule has 0 aliphatic carbocycles. The zero-order valence-electron chi connectivity index (χ0n) is 32.9. The minimum absolute atomic E-state index is 0.599. The number of aromatic nitrogens is 3. The molecular formula is C57H39N3. The summed E-state index contributed by atoms with van der Waals surface area (Å²) in [5.74, 6) is 1.80. The number of rotatable bonds is 9.